The number of ketones is 1. The van der Waals surface area contributed by atoms with Gasteiger partial charge >= 0.3 is 5.97 Å². The molecular formula is C19H13N3O3. The molecule has 122 valence electrons. The maximum absolute atomic E-state index is 12.8. The number of benzene rings is 2. The van der Waals surface area contributed by atoms with Crippen molar-refractivity contribution in [2.75, 3.05) is 5.32 Å². The number of carbonyl (C=O) groups excluding carboxylic acids is 1. The smallest absolute Gasteiger partial charge is 0.307 e. The number of rotatable bonds is 6. The zero-order chi connectivity index (χ0) is 18.2. The first kappa shape index (κ1) is 17.5. The zero-order valence-corrected chi connectivity index (χ0v) is 13.1. The molecule has 0 aliphatic heterocycles. The van der Waals surface area contributed by atoms with E-state index in [-0.39, 0.29) is 29.0 Å². The highest BCUT2D eigenvalue weighted by molar-refractivity contribution is 6.13. The summed E-state index contributed by atoms with van der Waals surface area (Å²) >= 11 is 0. The van der Waals surface area contributed by atoms with Crippen LogP contribution in [0.25, 0.3) is 0 Å². The summed E-state index contributed by atoms with van der Waals surface area (Å²) in [6, 6.07) is 16.7. The van der Waals surface area contributed by atoms with Crippen molar-refractivity contribution in [1.29, 1.82) is 10.5 Å². The fourth-order valence-corrected chi connectivity index (χ4v) is 2.25. The van der Waals surface area contributed by atoms with E-state index in [0.29, 0.717) is 11.1 Å². The van der Waals surface area contributed by atoms with E-state index in [9.17, 15) is 9.59 Å². The minimum Gasteiger partial charge on any atom is -0.481 e. The molecule has 6 nitrogen and oxygen atoms in total. The summed E-state index contributed by atoms with van der Waals surface area (Å²) in [4.78, 5) is 23.8. The first-order chi connectivity index (χ1) is 12.1. The average molecular weight is 331 g/mol. The van der Waals surface area contributed by atoms with E-state index < -0.39 is 5.97 Å². The molecule has 0 saturated carbocycles. The van der Waals surface area contributed by atoms with Crippen LogP contribution in [0.4, 0.5) is 5.69 Å². The third-order valence-electron chi connectivity index (χ3n) is 3.37. The van der Waals surface area contributed by atoms with Crippen LogP contribution in [0, 0.1) is 22.7 Å². The number of hydrogen-bond acceptors (Lipinski definition) is 5. The van der Waals surface area contributed by atoms with E-state index in [1.165, 1.54) is 0 Å². The Morgan fingerprint density at radius 3 is 2.32 bits per heavy atom. The number of para-hydroxylation sites is 1. The molecule has 2 N–H and O–H groups in total. The van der Waals surface area contributed by atoms with Crippen LogP contribution in [0.5, 0.6) is 0 Å². The van der Waals surface area contributed by atoms with Gasteiger partial charge in [0.25, 0.3) is 0 Å². The van der Waals surface area contributed by atoms with Crippen molar-refractivity contribution in [3.05, 3.63) is 77.0 Å². The third-order valence-corrected chi connectivity index (χ3v) is 3.37. The molecule has 0 amide bonds. The molecule has 0 heterocycles. The zero-order valence-electron chi connectivity index (χ0n) is 13.1. The molecule has 0 bridgehead atoms. The SMILES string of the molecule is N#CC(C#N)=CNc1c(CC(=O)O)cccc1C(=O)c1ccccc1. The molecule has 0 aliphatic carbocycles. The number of carboxylic acid groups (broad SMARTS) is 1. The number of nitrogens with one attached hydrogen (secondary N) is 1. The first-order valence-corrected chi connectivity index (χ1v) is 7.27. The van der Waals surface area contributed by atoms with E-state index in [1.807, 2.05) is 0 Å². The Balaban J connectivity index is 2.54. The van der Waals surface area contributed by atoms with E-state index >= 15 is 0 Å². The molecule has 0 aliphatic rings. The van der Waals surface area contributed by atoms with Gasteiger partial charge in [0.1, 0.15) is 17.7 Å². The van der Waals surface area contributed by atoms with Crippen molar-refractivity contribution in [3.8, 4) is 12.1 Å². The second kappa shape index (κ2) is 8.09. The summed E-state index contributed by atoms with van der Waals surface area (Å²) in [6.07, 6.45) is 0.850. The van der Waals surface area contributed by atoms with Gasteiger partial charge in [-0.05, 0) is 11.6 Å². The third kappa shape index (κ3) is 4.31. The number of nitrogens with zero attached hydrogens (tertiary/aromatic N) is 2. The van der Waals surface area contributed by atoms with Crippen LogP contribution in [0.3, 0.4) is 0 Å². The Kier molecular flexibility index (Phi) is 5.65. The van der Waals surface area contributed by atoms with Gasteiger partial charge in [0.2, 0.25) is 0 Å². The van der Waals surface area contributed by atoms with Crippen molar-refractivity contribution < 1.29 is 14.7 Å². The molecule has 0 aromatic heterocycles. The van der Waals surface area contributed by atoms with Crippen LogP contribution in [0.15, 0.2) is 60.3 Å². The Bertz CT molecular complexity index is 903. The molecule has 0 fully saturated rings. The maximum atomic E-state index is 12.8. The molecule has 0 spiro atoms. The summed E-state index contributed by atoms with van der Waals surface area (Å²) in [5.74, 6) is -1.35. The number of carboxylic acids is 1. The fraction of sp³-hybridized carbons (Fsp3) is 0.0526. The van der Waals surface area contributed by atoms with E-state index in [2.05, 4.69) is 5.32 Å². The van der Waals surface area contributed by atoms with Gasteiger partial charge in [0, 0.05) is 17.3 Å². The number of allylic oxidation sites excluding steroid dienone is 1. The largest absolute Gasteiger partial charge is 0.481 e. The van der Waals surface area contributed by atoms with Crippen molar-refractivity contribution in [2.24, 2.45) is 0 Å². The Morgan fingerprint density at radius 2 is 1.72 bits per heavy atom. The van der Waals surface area contributed by atoms with Gasteiger partial charge in [-0.15, -0.1) is 0 Å². The maximum Gasteiger partial charge on any atom is 0.307 e. The molecule has 2 aromatic rings. The minimum absolute atomic E-state index is 0.191. The molecule has 0 atom stereocenters. The van der Waals surface area contributed by atoms with Gasteiger partial charge in [0.15, 0.2) is 5.78 Å². The van der Waals surface area contributed by atoms with Gasteiger partial charge in [-0.1, -0.05) is 42.5 Å². The predicted molar refractivity (Wildman–Crippen MR) is 90.6 cm³/mol. The van der Waals surface area contributed by atoms with Crippen molar-refractivity contribution in [2.45, 2.75) is 6.42 Å². The lowest BCUT2D eigenvalue weighted by atomic mass is 9.97. The van der Waals surface area contributed by atoms with Crippen molar-refractivity contribution in [1.82, 2.24) is 0 Å². The van der Waals surface area contributed by atoms with Crippen LogP contribution in [-0.4, -0.2) is 16.9 Å². The van der Waals surface area contributed by atoms with Crippen LogP contribution in [0.1, 0.15) is 21.5 Å². The quantitative estimate of drug-likeness (QED) is 0.621. The Morgan fingerprint density at radius 1 is 1.04 bits per heavy atom. The second-order valence-corrected chi connectivity index (χ2v) is 5.03. The van der Waals surface area contributed by atoms with E-state index in [1.54, 1.807) is 60.7 Å². The van der Waals surface area contributed by atoms with Gasteiger partial charge in [-0.3, -0.25) is 9.59 Å². The van der Waals surface area contributed by atoms with Crippen LogP contribution < -0.4 is 5.32 Å². The summed E-state index contributed by atoms with van der Waals surface area (Å²) < 4.78 is 0. The molecule has 2 aromatic carbocycles. The number of nitriles is 2. The number of anilines is 1. The highest BCUT2D eigenvalue weighted by Crippen LogP contribution is 2.25. The summed E-state index contributed by atoms with van der Waals surface area (Å²) in [7, 11) is 0. The summed E-state index contributed by atoms with van der Waals surface area (Å²) in [5, 5.41) is 29.5. The Labute approximate surface area is 144 Å². The summed E-state index contributed by atoms with van der Waals surface area (Å²) in [6.45, 7) is 0. The lowest BCUT2D eigenvalue weighted by Crippen LogP contribution is -2.10. The van der Waals surface area contributed by atoms with Crippen LogP contribution in [0.2, 0.25) is 0 Å². The van der Waals surface area contributed by atoms with Gasteiger partial charge in [0.05, 0.1) is 12.1 Å². The van der Waals surface area contributed by atoms with E-state index in [4.69, 9.17) is 15.6 Å². The normalized spacial score (nSPS) is 9.36. The fourth-order valence-electron chi connectivity index (χ4n) is 2.25. The Hall–Kier alpha value is -3.90. The number of aliphatic carboxylic acids is 1. The molecule has 0 radical (unpaired) electrons. The molecule has 0 saturated heterocycles. The van der Waals surface area contributed by atoms with Gasteiger partial charge < -0.3 is 10.4 Å². The first-order valence-electron chi connectivity index (χ1n) is 7.27. The highest BCUT2D eigenvalue weighted by Gasteiger charge is 2.17. The summed E-state index contributed by atoms with van der Waals surface area (Å²) in [5.41, 5.74) is 1.16. The average Bonchev–Trinajstić information content (AvgIpc) is 2.63. The molecular weight excluding hydrogens is 318 g/mol. The van der Waals surface area contributed by atoms with Crippen molar-refractivity contribution >= 4 is 17.4 Å². The van der Waals surface area contributed by atoms with Crippen LogP contribution in [-0.2, 0) is 11.2 Å². The molecule has 25 heavy (non-hydrogen) atoms. The van der Waals surface area contributed by atoms with Crippen molar-refractivity contribution in [3.63, 3.8) is 0 Å². The standard InChI is InChI=1S/C19H13N3O3/c20-10-13(11-21)12-22-18-15(9-17(23)24)7-4-8-16(18)19(25)14-5-2-1-3-6-14/h1-8,12,22H,9H2,(H,23,24). The monoisotopic (exact) mass is 331 g/mol. The molecule has 0 unspecified atom stereocenters. The second-order valence-electron chi connectivity index (χ2n) is 5.03. The lowest BCUT2D eigenvalue weighted by Gasteiger charge is -2.13. The minimum atomic E-state index is -1.06. The van der Waals surface area contributed by atoms with Crippen LogP contribution >= 0.6 is 0 Å². The topological polar surface area (TPSA) is 114 Å². The number of hydrogen-bond donors (Lipinski definition) is 2. The molecule has 6 heteroatoms. The van der Waals surface area contributed by atoms with E-state index in [0.717, 1.165) is 6.20 Å². The highest BCUT2D eigenvalue weighted by atomic mass is 16.4. The van der Waals surface area contributed by atoms with Gasteiger partial charge in [-0.2, -0.15) is 10.5 Å². The predicted octanol–water partition coefficient (Wildman–Crippen LogP) is 2.89. The number of carbonyl (C=O) groups is 2. The molecule has 2 rings (SSSR count). The van der Waals surface area contributed by atoms with Gasteiger partial charge in [-0.25, -0.2) is 0 Å². The lowest BCUT2D eigenvalue weighted by molar-refractivity contribution is -0.136.